The lowest BCUT2D eigenvalue weighted by molar-refractivity contribution is 0.00280. The quantitative estimate of drug-likeness (QED) is 0.456. The van der Waals surface area contributed by atoms with Crippen molar-refractivity contribution in [2.24, 2.45) is 17.0 Å². The van der Waals surface area contributed by atoms with E-state index in [2.05, 4.69) is 18.7 Å². The molecule has 0 aromatic carbocycles. The van der Waals surface area contributed by atoms with E-state index in [-0.39, 0.29) is 5.92 Å². The molecule has 3 atom stereocenters. The van der Waals surface area contributed by atoms with E-state index < -0.39 is 5.60 Å². The number of rotatable bonds is 3. The molecule has 0 unspecified atom stereocenters. The molecule has 16 heavy (non-hydrogen) atoms. The van der Waals surface area contributed by atoms with E-state index in [4.69, 9.17) is 4.84 Å². The Balaban J connectivity index is 2.90. The summed E-state index contributed by atoms with van der Waals surface area (Å²) in [5, 5.41) is 14.6. The molecule has 0 aromatic rings. The van der Waals surface area contributed by atoms with Crippen LogP contribution in [-0.2, 0) is 4.84 Å². The first-order valence-electron chi connectivity index (χ1n) is 5.87. The van der Waals surface area contributed by atoms with Gasteiger partial charge >= 0.3 is 0 Å². The van der Waals surface area contributed by atoms with Crippen LogP contribution in [0, 0.1) is 11.8 Å². The van der Waals surface area contributed by atoms with Gasteiger partial charge in [-0.05, 0) is 44.9 Å². The zero-order valence-corrected chi connectivity index (χ0v) is 10.8. The fourth-order valence-corrected chi connectivity index (χ4v) is 2.51. The average Bonchev–Trinajstić information content (AvgIpc) is 2.22. The maximum Gasteiger partial charge on any atom is 0.109 e. The van der Waals surface area contributed by atoms with Crippen LogP contribution < -0.4 is 0 Å². The van der Waals surface area contributed by atoms with Gasteiger partial charge in [-0.3, -0.25) is 0 Å². The molecular formula is C13H23NO2. The Kier molecular flexibility index (Phi) is 4.14. The Hall–Kier alpha value is -0.830. The van der Waals surface area contributed by atoms with Crippen LogP contribution in [0.25, 0.3) is 0 Å². The largest absolute Gasteiger partial charge is 0.399 e. The molecule has 1 fully saturated rings. The molecule has 1 aliphatic rings. The summed E-state index contributed by atoms with van der Waals surface area (Å²) in [7, 11) is 1.51. The predicted octanol–water partition coefficient (Wildman–Crippen LogP) is 2.75. The Morgan fingerprint density at radius 2 is 2.06 bits per heavy atom. The van der Waals surface area contributed by atoms with Crippen LogP contribution in [-0.4, -0.2) is 23.5 Å². The molecule has 1 aliphatic carbocycles. The molecule has 92 valence electrons. The number of oxime groups is 1. The summed E-state index contributed by atoms with van der Waals surface area (Å²) in [4.78, 5) is 4.77. The molecule has 0 saturated heterocycles. The van der Waals surface area contributed by atoms with E-state index in [1.165, 1.54) is 7.11 Å². The van der Waals surface area contributed by atoms with Gasteiger partial charge in [-0.1, -0.05) is 24.2 Å². The van der Waals surface area contributed by atoms with Crippen molar-refractivity contribution in [1.82, 2.24) is 0 Å². The van der Waals surface area contributed by atoms with E-state index in [1.54, 1.807) is 0 Å². The highest BCUT2D eigenvalue weighted by molar-refractivity contribution is 5.90. The Bertz CT molecular complexity index is 298. The molecule has 0 aromatic heterocycles. The van der Waals surface area contributed by atoms with E-state index in [0.29, 0.717) is 18.1 Å². The highest BCUT2D eigenvalue weighted by atomic mass is 16.6. The van der Waals surface area contributed by atoms with Gasteiger partial charge in [-0.25, -0.2) is 0 Å². The Morgan fingerprint density at radius 3 is 2.56 bits per heavy atom. The fraction of sp³-hybridized carbons (Fsp3) is 0.769. The van der Waals surface area contributed by atoms with Crippen LogP contribution in [0.2, 0.25) is 0 Å². The molecule has 1 rings (SSSR count). The van der Waals surface area contributed by atoms with Gasteiger partial charge in [-0.15, -0.1) is 0 Å². The van der Waals surface area contributed by atoms with Crippen molar-refractivity contribution in [3.8, 4) is 0 Å². The summed E-state index contributed by atoms with van der Waals surface area (Å²) < 4.78 is 0. The normalized spacial score (nSPS) is 35.9. The number of aliphatic hydroxyl groups is 1. The molecule has 0 amide bonds. The zero-order chi connectivity index (χ0) is 12.3. The minimum atomic E-state index is -0.835. The molecule has 0 bridgehead atoms. The summed E-state index contributed by atoms with van der Waals surface area (Å²) in [5.41, 5.74) is 0.988. The first-order valence-corrected chi connectivity index (χ1v) is 5.87. The van der Waals surface area contributed by atoms with Gasteiger partial charge in [0.15, 0.2) is 0 Å². The highest BCUT2D eigenvalue weighted by Crippen LogP contribution is 2.40. The number of hydrogen-bond acceptors (Lipinski definition) is 3. The Morgan fingerprint density at radius 1 is 1.44 bits per heavy atom. The molecular weight excluding hydrogens is 202 g/mol. The van der Waals surface area contributed by atoms with Crippen LogP contribution in [0.3, 0.4) is 0 Å². The molecule has 3 heteroatoms. The third-order valence-electron chi connectivity index (χ3n) is 3.87. The van der Waals surface area contributed by atoms with Crippen molar-refractivity contribution in [3.63, 3.8) is 0 Å². The van der Waals surface area contributed by atoms with Crippen molar-refractivity contribution in [1.29, 1.82) is 0 Å². The minimum absolute atomic E-state index is 0.224. The number of nitrogens with zero attached hydrogens (tertiary/aromatic N) is 1. The smallest absolute Gasteiger partial charge is 0.109 e. The van der Waals surface area contributed by atoms with Crippen molar-refractivity contribution in [2.45, 2.75) is 45.6 Å². The summed E-state index contributed by atoms with van der Waals surface area (Å²) in [6, 6.07) is 0. The molecule has 0 aliphatic heterocycles. The van der Waals surface area contributed by atoms with Crippen LogP contribution in [0.4, 0.5) is 0 Å². The topological polar surface area (TPSA) is 41.8 Å². The van der Waals surface area contributed by atoms with Crippen LogP contribution >= 0.6 is 0 Å². The second kappa shape index (κ2) is 5.00. The van der Waals surface area contributed by atoms with Crippen molar-refractivity contribution in [2.75, 3.05) is 7.11 Å². The Labute approximate surface area is 98.2 Å². The third kappa shape index (κ3) is 2.46. The van der Waals surface area contributed by atoms with Crippen LogP contribution in [0.15, 0.2) is 17.3 Å². The summed E-state index contributed by atoms with van der Waals surface area (Å²) in [6.45, 7) is 9.93. The lowest BCUT2D eigenvalue weighted by Crippen LogP contribution is -2.48. The molecule has 0 heterocycles. The molecule has 0 spiro atoms. The summed E-state index contributed by atoms with van der Waals surface area (Å²) in [6.07, 6.45) is 2.83. The van der Waals surface area contributed by atoms with Crippen molar-refractivity contribution < 1.29 is 9.94 Å². The highest BCUT2D eigenvalue weighted by Gasteiger charge is 2.43. The van der Waals surface area contributed by atoms with E-state index >= 15 is 0 Å². The van der Waals surface area contributed by atoms with Crippen LogP contribution in [0.5, 0.6) is 0 Å². The molecule has 0 radical (unpaired) electrons. The number of allylic oxidation sites excluding steroid dienone is 1. The molecule has 1 N–H and O–H groups in total. The van der Waals surface area contributed by atoms with Gasteiger partial charge in [0.25, 0.3) is 0 Å². The first-order chi connectivity index (χ1) is 7.41. The van der Waals surface area contributed by atoms with Gasteiger partial charge < -0.3 is 9.94 Å². The van der Waals surface area contributed by atoms with Gasteiger partial charge in [0, 0.05) is 0 Å². The fourth-order valence-electron chi connectivity index (χ4n) is 2.51. The third-order valence-corrected chi connectivity index (χ3v) is 3.87. The predicted molar refractivity (Wildman–Crippen MR) is 66.4 cm³/mol. The minimum Gasteiger partial charge on any atom is -0.399 e. The van der Waals surface area contributed by atoms with Crippen LogP contribution in [0.1, 0.15) is 40.0 Å². The van der Waals surface area contributed by atoms with E-state index in [0.717, 1.165) is 18.4 Å². The van der Waals surface area contributed by atoms with Gasteiger partial charge in [0.1, 0.15) is 12.7 Å². The van der Waals surface area contributed by atoms with E-state index in [1.807, 2.05) is 13.8 Å². The standard InChI is InChI=1S/C13H23NO2/c1-9(2)12-7-6-10(3)13(15,8-12)11(4)14-16-5/h10,12,15H,1,6-8H2,2-5H3/b14-11+/t10-,12-,13+/m1/s1. The van der Waals surface area contributed by atoms with Crippen molar-refractivity contribution in [3.05, 3.63) is 12.2 Å². The van der Waals surface area contributed by atoms with Gasteiger partial charge in [-0.2, -0.15) is 0 Å². The second-order valence-corrected chi connectivity index (χ2v) is 5.01. The lowest BCUT2D eigenvalue weighted by Gasteiger charge is -2.41. The average molecular weight is 225 g/mol. The first kappa shape index (κ1) is 13.2. The van der Waals surface area contributed by atoms with Gasteiger partial charge in [0.2, 0.25) is 0 Å². The maximum atomic E-state index is 10.7. The zero-order valence-electron chi connectivity index (χ0n) is 10.8. The van der Waals surface area contributed by atoms with Crippen molar-refractivity contribution >= 4 is 5.71 Å². The number of hydrogen-bond donors (Lipinski definition) is 1. The van der Waals surface area contributed by atoms with E-state index in [9.17, 15) is 5.11 Å². The van der Waals surface area contributed by atoms with Gasteiger partial charge in [0.05, 0.1) is 5.71 Å². The summed E-state index contributed by atoms with van der Waals surface area (Å²) in [5.74, 6) is 0.616. The molecule has 1 saturated carbocycles. The molecule has 3 nitrogen and oxygen atoms in total. The SMILES string of the molecule is C=C(C)[C@@H]1CC[C@@H](C)[C@](O)(/C(C)=N/OC)C1. The lowest BCUT2D eigenvalue weighted by atomic mass is 9.68. The second-order valence-electron chi connectivity index (χ2n) is 5.01. The monoisotopic (exact) mass is 225 g/mol. The maximum absolute atomic E-state index is 10.7. The summed E-state index contributed by atoms with van der Waals surface area (Å²) >= 11 is 0.